The van der Waals surface area contributed by atoms with E-state index in [1.165, 1.54) is 12.1 Å². The van der Waals surface area contributed by atoms with Gasteiger partial charge in [-0.1, -0.05) is 23.2 Å². The van der Waals surface area contributed by atoms with Crippen molar-refractivity contribution in [2.45, 2.75) is 0 Å². The van der Waals surface area contributed by atoms with Crippen LogP contribution in [-0.4, -0.2) is 40.6 Å². The second kappa shape index (κ2) is 4.57. The van der Waals surface area contributed by atoms with Crippen LogP contribution < -0.4 is 0 Å². The number of carbonyl (C=O) groups excluding carboxylic acids is 1. The highest BCUT2D eigenvalue weighted by Crippen LogP contribution is 2.21. The van der Waals surface area contributed by atoms with Gasteiger partial charge in [-0.25, -0.2) is 4.98 Å². The van der Waals surface area contributed by atoms with E-state index >= 15 is 0 Å². The molecule has 0 bridgehead atoms. The lowest BCUT2D eigenvalue weighted by Crippen LogP contribution is -2.51. The van der Waals surface area contributed by atoms with Crippen LogP contribution in [-0.2, 0) is 0 Å². The molecule has 0 aromatic carbocycles. The molecule has 0 aliphatic carbocycles. The fraction of sp³-hybridized carbons (Fsp3) is 0.400. The molecule has 1 aromatic rings. The third kappa shape index (κ3) is 2.29. The first kappa shape index (κ1) is 11.6. The van der Waals surface area contributed by atoms with Crippen LogP contribution in [0.2, 0.25) is 10.3 Å². The molecule has 1 aliphatic rings. The van der Waals surface area contributed by atoms with Crippen molar-refractivity contribution in [3.8, 4) is 0 Å². The summed E-state index contributed by atoms with van der Waals surface area (Å²) in [5.41, 5.74) is 0.432. The van der Waals surface area contributed by atoms with Gasteiger partial charge < -0.3 is 10.0 Å². The van der Waals surface area contributed by atoms with E-state index in [4.69, 9.17) is 28.3 Å². The highest BCUT2D eigenvalue weighted by atomic mass is 35.5. The van der Waals surface area contributed by atoms with E-state index in [9.17, 15) is 4.79 Å². The summed E-state index contributed by atoms with van der Waals surface area (Å²) in [5, 5.41) is 9.26. The molecule has 0 radical (unpaired) electrons. The number of aromatic nitrogens is 1. The average Bonchev–Trinajstić information content (AvgIpc) is 2.14. The van der Waals surface area contributed by atoms with Crippen molar-refractivity contribution in [1.29, 1.82) is 0 Å². The number of nitrogens with zero attached hydrogens (tertiary/aromatic N) is 2. The van der Waals surface area contributed by atoms with Gasteiger partial charge in [0.1, 0.15) is 10.3 Å². The molecule has 0 atom stereocenters. The van der Waals surface area contributed by atoms with Crippen LogP contribution in [0.1, 0.15) is 10.4 Å². The number of hydrogen-bond acceptors (Lipinski definition) is 3. The van der Waals surface area contributed by atoms with E-state index < -0.39 is 0 Å². The Hall–Kier alpha value is -0.840. The Morgan fingerprint density at radius 1 is 1.44 bits per heavy atom. The molecule has 6 heteroatoms. The first-order chi connectivity index (χ1) is 7.60. The highest BCUT2D eigenvalue weighted by molar-refractivity contribution is 6.33. The van der Waals surface area contributed by atoms with Crippen LogP contribution in [0.25, 0.3) is 0 Å². The zero-order chi connectivity index (χ0) is 11.7. The van der Waals surface area contributed by atoms with E-state index in [1.54, 1.807) is 4.90 Å². The maximum atomic E-state index is 11.9. The van der Waals surface area contributed by atoms with Gasteiger partial charge in [-0.15, -0.1) is 0 Å². The van der Waals surface area contributed by atoms with Gasteiger partial charge in [0.05, 0.1) is 0 Å². The number of halogens is 2. The Morgan fingerprint density at radius 3 is 2.50 bits per heavy atom. The summed E-state index contributed by atoms with van der Waals surface area (Å²) in [7, 11) is 0. The van der Waals surface area contributed by atoms with E-state index in [0.717, 1.165) is 0 Å². The Balaban J connectivity index is 2.10. The van der Waals surface area contributed by atoms with Crippen LogP contribution >= 0.6 is 23.2 Å². The fourth-order valence-corrected chi connectivity index (χ4v) is 2.08. The quantitative estimate of drug-likeness (QED) is 0.820. The maximum absolute atomic E-state index is 11.9. The number of carbonyl (C=O) groups is 1. The van der Waals surface area contributed by atoms with E-state index in [0.29, 0.717) is 18.7 Å². The first-order valence-electron chi connectivity index (χ1n) is 4.83. The molecular formula is C10H10Cl2N2O2. The molecule has 1 aromatic heterocycles. The van der Waals surface area contributed by atoms with Gasteiger partial charge in [0.2, 0.25) is 0 Å². The molecule has 16 heavy (non-hydrogen) atoms. The minimum absolute atomic E-state index is 0.113. The molecule has 0 unspecified atom stereocenters. The fourth-order valence-electron chi connectivity index (χ4n) is 1.62. The van der Waals surface area contributed by atoms with Crippen LogP contribution in [0.4, 0.5) is 0 Å². The van der Waals surface area contributed by atoms with Gasteiger partial charge in [0.25, 0.3) is 5.91 Å². The van der Waals surface area contributed by atoms with Gasteiger partial charge in [-0.05, 0) is 12.1 Å². The normalized spacial score (nSPS) is 16.1. The van der Waals surface area contributed by atoms with E-state index in [1.807, 2.05) is 0 Å². The van der Waals surface area contributed by atoms with Crippen molar-refractivity contribution < 1.29 is 9.90 Å². The van der Waals surface area contributed by atoms with Crippen LogP contribution in [0.3, 0.4) is 0 Å². The summed E-state index contributed by atoms with van der Waals surface area (Å²) in [5.74, 6) is 0.0626. The minimum Gasteiger partial charge on any atom is -0.396 e. The molecular weight excluding hydrogens is 251 g/mol. The predicted molar refractivity (Wildman–Crippen MR) is 60.7 cm³/mol. The zero-order valence-corrected chi connectivity index (χ0v) is 9.87. The molecule has 0 saturated carbocycles. The molecule has 1 saturated heterocycles. The molecule has 4 nitrogen and oxygen atoms in total. The molecule has 1 aliphatic heterocycles. The smallest absolute Gasteiger partial charge is 0.254 e. The minimum atomic E-state index is -0.129. The van der Waals surface area contributed by atoms with Crippen molar-refractivity contribution in [3.05, 3.63) is 28.0 Å². The Bertz CT molecular complexity index is 399. The first-order valence-corrected chi connectivity index (χ1v) is 5.59. The van der Waals surface area contributed by atoms with Gasteiger partial charge in [0.15, 0.2) is 0 Å². The molecule has 2 rings (SSSR count). The summed E-state index contributed by atoms with van der Waals surface area (Å²) < 4.78 is 0. The number of hydrogen-bond donors (Lipinski definition) is 1. The topological polar surface area (TPSA) is 53.4 Å². The standard InChI is InChI=1S/C10H10Cl2N2O2/c11-8-1-7(2-9(12)13-8)10(16)14-3-6(4-14)5-15/h1-2,6,15H,3-5H2. The van der Waals surface area contributed by atoms with E-state index in [-0.39, 0.29) is 28.7 Å². The second-order valence-electron chi connectivity index (χ2n) is 3.76. The Labute approximate surface area is 103 Å². The summed E-state index contributed by atoms with van der Waals surface area (Å²) in [6, 6.07) is 2.98. The van der Waals surface area contributed by atoms with E-state index in [2.05, 4.69) is 4.98 Å². The van der Waals surface area contributed by atoms with Gasteiger partial charge in [-0.2, -0.15) is 0 Å². The zero-order valence-electron chi connectivity index (χ0n) is 8.36. The molecule has 0 spiro atoms. The van der Waals surface area contributed by atoms with Crippen LogP contribution in [0.15, 0.2) is 12.1 Å². The lowest BCUT2D eigenvalue weighted by Gasteiger charge is -2.38. The number of rotatable bonds is 2. The third-order valence-electron chi connectivity index (χ3n) is 2.51. The number of aliphatic hydroxyl groups is 1. The monoisotopic (exact) mass is 260 g/mol. The van der Waals surface area contributed by atoms with Gasteiger partial charge >= 0.3 is 0 Å². The summed E-state index contributed by atoms with van der Waals surface area (Å²) in [6.45, 7) is 1.27. The summed E-state index contributed by atoms with van der Waals surface area (Å²) >= 11 is 11.4. The largest absolute Gasteiger partial charge is 0.396 e. The van der Waals surface area contributed by atoms with Gasteiger partial charge in [-0.3, -0.25) is 4.79 Å². The summed E-state index contributed by atoms with van der Waals surface area (Å²) in [6.07, 6.45) is 0. The summed E-state index contributed by atoms with van der Waals surface area (Å²) in [4.78, 5) is 17.3. The number of pyridine rings is 1. The number of likely N-dealkylation sites (tertiary alicyclic amines) is 1. The van der Waals surface area contributed by atoms with Crippen molar-refractivity contribution >= 4 is 29.1 Å². The van der Waals surface area contributed by atoms with Crippen molar-refractivity contribution in [1.82, 2.24) is 9.88 Å². The molecule has 1 N–H and O–H groups in total. The van der Waals surface area contributed by atoms with Crippen molar-refractivity contribution in [2.24, 2.45) is 5.92 Å². The maximum Gasteiger partial charge on any atom is 0.254 e. The highest BCUT2D eigenvalue weighted by Gasteiger charge is 2.30. The molecule has 86 valence electrons. The lowest BCUT2D eigenvalue weighted by molar-refractivity contribution is 0.0362. The number of aliphatic hydroxyl groups excluding tert-OH is 1. The molecule has 1 fully saturated rings. The second-order valence-corrected chi connectivity index (χ2v) is 4.53. The molecule has 1 amide bonds. The Morgan fingerprint density at radius 2 is 2.00 bits per heavy atom. The third-order valence-corrected chi connectivity index (χ3v) is 2.90. The predicted octanol–water partition coefficient (Wildman–Crippen LogP) is 1.45. The Kier molecular flexibility index (Phi) is 3.33. The SMILES string of the molecule is O=C(c1cc(Cl)nc(Cl)c1)N1CC(CO)C1. The van der Waals surface area contributed by atoms with Crippen LogP contribution in [0, 0.1) is 5.92 Å². The van der Waals surface area contributed by atoms with Crippen LogP contribution in [0.5, 0.6) is 0 Å². The van der Waals surface area contributed by atoms with Crippen molar-refractivity contribution in [2.75, 3.05) is 19.7 Å². The average molecular weight is 261 g/mol. The molecule has 2 heterocycles. The van der Waals surface area contributed by atoms with Crippen molar-refractivity contribution in [3.63, 3.8) is 0 Å². The van der Waals surface area contributed by atoms with Gasteiger partial charge in [0, 0.05) is 31.2 Å². The lowest BCUT2D eigenvalue weighted by atomic mass is 10.0. The number of amides is 1.